The minimum absolute atomic E-state index is 0.0760. The summed E-state index contributed by atoms with van der Waals surface area (Å²) < 4.78 is 9.31. The van der Waals surface area contributed by atoms with E-state index in [9.17, 15) is 4.79 Å². The van der Waals surface area contributed by atoms with Crippen molar-refractivity contribution in [3.63, 3.8) is 0 Å². The number of carbonyl (C=O) groups excluding carboxylic acids is 1. The van der Waals surface area contributed by atoms with E-state index in [1.807, 2.05) is 0 Å². The topological polar surface area (TPSA) is 35.5 Å². The van der Waals surface area contributed by atoms with Crippen LogP contribution in [0.15, 0.2) is 0 Å². The van der Waals surface area contributed by atoms with Crippen molar-refractivity contribution in [2.24, 2.45) is 0 Å². The van der Waals surface area contributed by atoms with E-state index in [-0.39, 0.29) is 12.8 Å². The van der Waals surface area contributed by atoms with E-state index < -0.39 is 0 Å². The normalized spacial score (nSPS) is 9.83. The first-order chi connectivity index (χ1) is 5.81. The molecule has 0 aromatic carbocycles. The maximum absolute atomic E-state index is 10.9. The Morgan fingerprint density at radius 1 is 1.25 bits per heavy atom. The SMILES string of the molecule is CCCCCCC(=O)OCOC. The van der Waals surface area contributed by atoms with Gasteiger partial charge >= 0.3 is 5.97 Å². The highest BCUT2D eigenvalue weighted by Crippen LogP contribution is 2.03. The van der Waals surface area contributed by atoms with Gasteiger partial charge in [0.1, 0.15) is 0 Å². The zero-order valence-electron chi connectivity index (χ0n) is 7.97. The fraction of sp³-hybridized carbons (Fsp3) is 0.889. The molecule has 0 amide bonds. The Kier molecular flexibility index (Phi) is 8.12. The molecule has 0 unspecified atom stereocenters. The Balaban J connectivity index is 3.08. The average molecular weight is 174 g/mol. The quantitative estimate of drug-likeness (QED) is 0.337. The molecular formula is C9H18O3. The van der Waals surface area contributed by atoms with E-state index >= 15 is 0 Å². The lowest BCUT2D eigenvalue weighted by Gasteiger charge is -2.02. The van der Waals surface area contributed by atoms with Gasteiger partial charge in [-0.3, -0.25) is 4.79 Å². The number of methoxy groups -OCH3 is 1. The first-order valence-corrected chi connectivity index (χ1v) is 4.45. The van der Waals surface area contributed by atoms with E-state index in [4.69, 9.17) is 4.74 Å². The Morgan fingerprint density at radius 2 is 2.00 bits per heavy atom. The second-order valence-corrected chi connectivity index (χ2v) is 2.73. The number of hydrogen-bond acceptors (Lipinski definition) is 3. The highest BCUT2D eigenvalue weighted by Gasteiger charge is 2.00. The van der Waals surface area contributed by atoms with Crippen LogP contribution in [0.25, 0.3) is 0 Å². The minimum atomic E-state index is -0.159. The zero-order valence-corrected chi connectivity index (χ0v) is 7.97. The predicted molar refractivity (Wildman–Crippen MR) is 46.7 cm³/mol. The summed E-state index contributed by atoms with van der Waals surface area (Å²) in [7, 11) is 1.50. The van der Waals surface area contributed by atoms with Crippen molar-refractivity contribution in [3.05, 3.63) is 0 Å². The van der Waals surface area contributed by atoms with Gasteiger partial charge in [0.2, 0.25) is 0 Å². The summed E-state index contributed by atoms with van der Waals surface area (Å²) in [5.74, 6) is -0.159. The van der Waals surface area contributed by atoms with Gasteiger partial charge in [-0.1, -0.05) is 26.2 Å². The third kappa shape index (κ3) is 7.54. The van der Waals surface area contributed by atoms with Crippen molar-refractivity contribution in [1.29, 1.82) is 0 Å². The highest BCUT2D eigenvalue weighted by molar-refractivity contribution is 5.69. The molecular weight excluding hydrogens is 156 g/mol. The van der Waals surface area contributed by atoms with Crippen LogP contribution in [0.4, 0.5) is 0 Å². The van der Waals surface area contributed by atoms with Gasteiger partial charge in [-0.25, -0.2) is 0 Å². The molecule has 0 aromatic heterocycles. The number of ether oxygens (including phenoxy) is 2. The molecule has 0 heterocycles. The Hall–Kier alpha value is -0.570. The summed E-state index contributed by atoms with van der Waals surface area (Å²) in [6.45, 7) is 2.22. The number of hydrogen-bond donors (Lipinski definition) is 0. The molecule has 0 radical (unpaired) electrons. The van der Waals surface area contributed by atoms with Crippen LogP contribution >= 0.6 is 0 Å². The van der Waals surface area contributed by atoms with Crippen molar-refractivity contribution in [2.75, 3.05) is 13.9 Å². The molecule has 12 heavy (non-hydrogen) atoms. The van der Waals surface area contributed by atoms with Crippen molar-refractivity contribution >= 4 is 5.97 Å². The van der Waals surface area contributed by atoms with Gasteiger partial charge in [-0.15, -0.1) is 0 Å². The monoisotopic (exact) mass is 174 g/mol. The van der Waals surface area contributed by atoms with Gasteiger partial charge in [0.15, 0.2) is 6.79 Å². The van der Waals surface area contributed by atoms with Crippen LogP contribution in [0.5, 0.6) is 0 Å². The van der Waals surface area contributed by atoms with Crippen molar-refractivity contribution < 1.29 is 14.3 Å². The maximum atomic E-state index is 10.9. The van der Waals surface area contributed by atoms with E-state index in [1.54, 1.807) is 0 Å². The lowest BCUT2D eigenvalue weighted by Crippen LogP contribution is -2.06. The van der Waals surface area contributed by atoms with Crippen molar-refractivity contribution in [2.45, 2.75) is 39.0 Å². The molecule has 0 N–H and O–H groups in total. The van der Waals surface area contributed by atoms with E-state index in [1.165, 1.54) is 20.0 Å². The number of esters is 1. The van der Waals surface area contributed by atoms with Crippen LogP contribution < -0.4 is 0 Å². The van der Waals surface area contributed by atoms with Crippen LogP contribution in [0, 0.1) is 0 Å². The van der Waals surface area contributed by atoms with Crippen LogP contribution in [0.2, 0.25) is 0 Å². The summed E-state index contributed by atoms with van der Waals surface area (Å²) in [4.78, 5) is 10.9. The van der Waals surface area contributed by atoms with E-state index in [2.05, 4.69) is 11.7 Å². The Labute approximate surface area is 74.0 Å². The molecule has 0 saturated heterocycles. The fourth-order valence-corrected chi connectivity index (χ4v) is 0.893. The summed E-state index contributed by atoms with van der Waals surface area (Å²) in [6.07, 6.45) is 4.93. The van der Waals surface area contributed by atoms with Gasteiger partial charge in [0.25, 0.3) is 0 Å². The Bertz CT molecular complexity index is 112. The average Bonchev–Trinajstić information content (AvgIpc) is 2.09. The number of unbranched alkanes of at least 4 members (excludes halogenated alkanes) is 3. The smallest absolute Gasteiger partial charge is 0.307 e. The summed E-state index contributed by atoms with van der Waals surface area (Å²) >= 11 is 0. The van der Waals surface area contributed by atoms with Crippen molar-refractivity contribution in [3.8, 4) is 0 Å². The minimum Gasteiger partial charge on any atom is -0.438 e. The zero-order chi connectivity index (χ0) is 9.23. The molecule has 0 atom stereocenters. The first-order valence-electron chi connectivity index (χ1n) is 4.45. The number of rotatable bonds is 7. The lowest BCUT2D eigenvalue weighted by molar-refractivity contribution is -0.154. The summed E-state index contributed by atoms with van der Waals surface area (Å²) in [5, 5.41) is 0. The van der Waals surface area contributed by atoms with E-state index in [0.717, 1.165) is 12.8 Å². The van der Waals surface area contributed by atoms with Crippen LogP contribution in [-0.2, 0) is 14.3 Å². The fourth-order valence-electron chi connectivity index (χ4n) is 0.893. The molecule has 0 aliphatic rings. The third-order valence-electron chi connectivity index (χ3n) is 1.57. The van der Waals surface area contributed by atoms with Gasteiger partial charge in [-0.05, 0) is 6.42 Å². The van der Waals surface area contributed by atoms with Gasteiger partial charge in [0, 0.05) is 13.5 Å². The maximum Gasteiger partial charge on any atom is 0.307 e. The predicted octanol–water partition coefficient (Wildman–Crippen LogP) is 2.10. The second-order valence-electron chi connectivity index (χ2n) is 2.73. The van der Waals surface area contributed by atoms with Gasteiger partial charge in [-0.2, -0.15) is 0 Å². The van der Waals surface area contributed by atoms with E-state index in [0.29, 0.717) is 6.42 Å². The van der Waals surface area contributed by atoms with Crippen LogP contribution in [0.1, 0.15) is 39.0 Å². The lowest BCUT2D eigenvalue weighted by atomic mass is 10.2. The first kappa shape index (κ1) is 11.4. The van der Waals surface area contributed by atoms with Crippen LogP contribution in [0.3, 0.4) is 0 Å². The molecule has 0 aliphatic carbocycles. The van der Waals surface area contributed by atoms with Crippen molar-refractivity contribution in [1.82, 2.24) is 0 Å². The molecule has 0 rings (SSSR count). The molecule has 0 aromatic rings. The standard InChI is InChI=1S/C9H18O3/c1-3-4-5-6-7-9(10)12-8-11-2/h3-8H2,1-2H3. The molecule has 3 heteroatoms. The van der Waals surface area contributed by atoms with Crippen LogP contribution in [-0.4, -0.2) is 19.9 Å². The third-order valence-corrected chi connectivity index (χ3v) is 1.57. The molecule has 3 nitrogen and oxygen atoms in total. The molecule has 0 saturated carbocycles. The molecule has 0 spiro atoms. The largest absolute Gasteiger partial charge is 0.438 e. The van der Waals surface area contributed by atoms with Gasteiger partial charge in [0.05, 0.1) is 0 Å². The molecule has 72 valence electrons. The summed E-state index contributed by atoms with van der Waals surface area (Å²) in [5.41, 5.74) is 0. The molecule has 0 fully saturated rings. The number of carbonyl (C=O) groups is 1. The molecule has 0 aliphatic heterocycles. The Morgan fingerprint density at radius 3 is 2.58 bits per heavy atom. The molecule has 0 bridgehead atoms. The summed E-state index contributed by atoms with van der Waals surface area (Å²) in [6, 6.07) is 0. The second kappa shape index (κ2) is 8.53. The highest BCUT2D eigenvalue weighted by atomic mass is 16.7. The van der Waals surface area contributed by atoms with Gasteiger partial charge < -0.3 is 9.47 Å².